The van der Waals surface area contributed by atoms with Gasteiger partial charge in [-0.1, -0.05) is 32.9 Å². The van der Waals surface area contributed by atoms with Gasteiger partial charge < -0.3 is 15.5 Å². The van der Waals surface area contributed by atoms with Crippen LogP contribution >= 0.6 is 0 Å². The topological polar surface area (TPSA) is 74.5 Å². The van der Waals surface area contributed by atoms with Crippen LogP contribution in [-0.4, -0.2) is 51.6 Å². The highest BCUT2D eigenvalue weighted by Crippen LogP contribution is 2.61. The molecule has 6 atom stereocenters. The second-order valence-electron chi connectivity index (χ2n) is 13.9. The van der Waals surface area contributed by atoms with Crippen molar-refractivity contribution in [2.45, 2.75) is 84.7 Å². The van der Waals surface area contributed by atoms with Crippen LogP contribution in [-0.2, 0) is 19.1 Å². The average Bonchev–Trinajstić information content (AvgIpc) is 2.96. The number of fused-ring (bicyclic) bond motifs is 3. The van der Waals surface area contributed by atoms with E-state index >= 15 is 0 Å². The Kier molecular flexibility index (Phi) is 8.01. The minimum Gasteiger partial charge on any atom is -0.340 e. The molecule has 2 aromatic carbocycles. The van der Waals surface area contributed by atoms with E-state index in [4.69, 9.17) is 4.99 Å². The Morgan fingerprint density at radius 3 is 2.41 bits per heavy atom. The number of hydrogen-bond acceptors (Lipinski definition) is 4. The molecule has 2 bridgehead atoms. The number of aryl methyl sites for hydroxylation is 2. The number of piperazine rings is 1. The van der Waals surface area contributed by atoms with E-state index in [0.29, 0.717) is 59.1 Å². The van der Waals surface area contributed by atoms with Crippen molar-refractivity contribution in [3.8, 4) is 0 Å². The number of nitrogens with zero attached hydrogens (tertiary/aromatic N) is 4. The Morgan fingerprint density at radius 1 is 1.07 bits per heavy atom. The number of aliphatic imine (C=N–C) groups is 1. The molecule has 1 unspecified atom stereocenters. The van der Waals surface area contributed by atoms with Gasteiger partial charge in [0.15, 0.2) is 5.96 Å². The Balaban J connectivity index is 1.21. The van der Waals surface area contributed by atoms with Gasteiger partial charge in [0.1, 0.15) is 0 Å². The molecule has 7 nitrogen and oxygen atoms in total. The fourth-order valence-corrected chi connectivity index (χ4v) is 7.78. The summed E-state index contributed by atoms with van der Waals surface area (Å²) in [4.78, 5) is 25.6. The van der Waals surface area contributed by atoms with E-state index in [9.17, 15) is 18.0 Å². The smallest absolute Gasteiger partial charge is 0.340 e. The van der Waals surface area contributed by atoms with Gasteiger partial charge in [-0.05, 0) is 92.2 Å². The van der Waals surface area contributed by atoms with Crippen molar-refractivity contribution in [2.24, 2.45) is 28.2 Å². The van der Waals surface area contributed by atoms with Crippen molar-refractivity contribution in [1.82, 2.24) is 19.8 Å². The van der Waals surface area contributed by atoms with Crippen LogP contribution in [0.2, 0.25) is 0 Å². The number of hydrogen-bond donors (Lipinski definition) is 2. The second kappa shape index (κ2) is 11.5. The summed E-state index contributed by atoms with van der Waals surface area (Å²) in [6.45, 7) is 13.6. The molecule has 1 aliphatic heterocycles. The van der Waals surface area contributed by atoms with Gasteiger partial charge >= 0.3 is 6.18 Å². The van der Waals surface area contributed by atoms with Crippen molar-refractivity contribution in [3.63, 3.8) is 0 Å². The van der Waals surface area contributed by atoms with Gasteiger partial charge in [-0.3, -0.25) is 9.36 Å². The minimum atomic E-state index is -4.37. The molecular formula is C34H43F3N6O. The number of guanidine groups is 1. The summed E-state index contributed by atoms with van der Waals surface area (Å²) in [6, 6.07) is 11.6. The zero-order valence-electron chi connectivity index (χ0n) is 26.2. The molecule has 2 heterocycles. The highest BCUT2D eigenvalue weighted by molar-refractivity contribution is 5.96. The minimum absolute atomic E-state index is 0.176. The van der Waals surface area contributed by atoms with Crippen molar-refractivity contribution < 1.29 is 13.2 Å². The van der Waals surface area contributed by atoms with E-state index in [1.54, 1.807) is 6.07 Å². The molecule has 4 fully saturated rings. The summed E-state index contributed by atoms with van der Waals surface area (Å²) in [5.74, 6) is 2.81. The first-order chi connectivity index (χ1) is 20.8. The summed E-state index contributed by atoms with van der Waals surface area (Å²) in [5.41, 5.74) is 1.68. The monoisotopic (exact) mass is 608 g/mol. The highest BCUT2D eigenvalue weighted by atomic mass is 19.4. The molecule has 1 saturated heterocycles. The SMILES string of the molecule is C[C@@H]1[C@@H](N=C(Nc2ccc3c(=O)n(CCc4ccc(C(F)(F)F)cc4)cnc3c2)N2C[C@@H](C)N[C@@H](C)C2)CC2C[C@H]1C2(C)C. The molecule has 10 heteroatoms. The van der Waals surface area contributed by atoms with Gasteiger partial charge in [-0.25, -0.2) is 9.98 Å². The van der Waals surface area contributed by atoms with Gasteiger partial charge in [0, 0.05) is 37.4 Å². The normalized spacial score (nSPS) is 28.5. The number of alkyl halides is 3. The summed E-state index contributed by atoms with van der Waals surface area (Å²) in [5, 5.41) is 7.73. The molecule has 3 aromatic rings. The third kappa shape index (κ3) is 5.97. The Hall–Kier alpha value is -3.40. The molecule has 3 aliphatic carbocycles. The van der Waals surface area contributed by atoms with Crippen LogP contribution in [0, 0.1) is 23.2 Å². The van der Waals surface area contributed by atoms with Crippen LogP contribution in [0.1, 0.15) is 58.6 Å². The zero-order valence-corrected chi connectivity index (χ0v) is 26.2. The van der Waals surface area contributed by atoms with Gasteiger partial charge in [0.25, 0.3) is 5.56 Å². The quantitative estimate of drug-likeness (QED) is 0.267. The van der Waals surface area contributed by atoms with Crippen LogP contribution in [0.5, 0.6) is 0 Å². The Labute approximate surface area is 257 Å². The number of benzene rings is 2. The summed E-state index contributed by atoms with van der Waals surface area (Å²) in [7, 11) is 0. The predicted molar refractivity (Wildman–Crippen MR) is 169 cm³/mol. The van der Waals surface area contributed by atoms with E-state index in [1.807, 2.05) is 12.1 Å². The number of rotatable bonds is 5. The number of halogens is 3. The zero-order chi connectivity index (χ0) is 31.4. The van der Waals surface area contributed by atoms with Crippen molar-refractivity contribution >= 4 is 22.5 Å². The van der Waals surface area contributed by atoms with Crippen LogP contribution < -0.4 is 16.2 Å². The maximum atomic E-state index is 13.3. The van der Waals surface area contributed by atoms with Crippen LogP contribution in [0.3, 0.4) is 0 Å². The molecule has 44 heavy (non-hydrogen) atoms. The number of aromatic nitrogens is 2. The second-order valence-corrected chi connectivity index (χ2v) is 13.9. The van der Waals surface area contributed by atoms with Crippen molar-refractivity contribution in [3.05, 3.63) is 70.3 Å². The Morgan fingerprint density at radius 2 is 1.77 bits per heavy atom. The van der Waals surface area contributed by atoms with Gasteiger partial charge in [-0.2, -0.15) is 13.2 Å². The van der Waals surface area contributed by atoms with Crippen LogP contribution in [0.4, 0.5) is 18.9 Å². The maximum absolute atomic E-state index is 13.3. The molecule has 2 N–H and O–H groups in total. The van der Waals surface area contributed by atoms with Crippen molar-refractivity contribution in [2.75, 3.05) is 18.4 Å². The van der Waals surface area contributed by atoms with Gasteiger partial charge in [0.05, 0.1) is 28.8 Å². The lowest BCUT2D eigenvalue weighted by Gasteiger charge is -2.61. The molecular weight excluding hydrogens is 565 g/mol. The molecule has 1 aromatic heterocycles. The van der Waals surface area contributed by atoms with E-state index in [1.165, 1.54) is 29.4 Å². The first kappa shape index (κ1) is 30.6. The predicted octanol–water partition coefficient (Wildman–Crippen LogP) is 6.18. The fraction of sp³-hybridized carbons (Fsp3) is 0.559. The van der Waals surface area contributed by atoms with Crippen LogP contribution in [0.25, 0.3) is 10.9 Å². The van der Waals surface area contributed by atoms with E-state index in [2.05, 4.69) is 55.1 Å². The number of nitrogens with one attached hydrogen (secondary N) is 2. The lowest BCUT2D eigenvalue weighted by atomic mass is 9.45. The summed E-state index contributed by atoms with van der Waals surface area (Å²) < 4.78 is 40.2. The lowest BCUT2D eigenvalue weighted by Crippen LogP contribution is -2.59. The van der Waals surface area contributed by atoms with E-state index in [0.717, 1.165) is 48.9 Å². The van der Waals surface area contributed by atoms with E-state index in [-0.39, 0.29) is 11.6 Å². The largest absolute Gasteiger partial charge is 0.416 e. The van der Waals surface area contributed by atoms with Gasteiger partial charge in [-0.15, -0.1) is 0 Å². The fourth-order valence-electron chi connectivity index (χ4n) is 7.78. The van der Waals surface area contributed by atoms with Crippen LogP contribution in [0.15, 0.2) is 58.6 Å². The first-order valence-corrected chi connectivity index (χ1v) is 15.8. The molecule has 4 aliphatic rings. The maximum Gasteiger partial charge on any atom is 0.416 e. The first-order valence-electron chi connectivity index (χ1n) is 15.8. The Bertz CT molecular complexity index is 1590. The third-order valence-corrected chi connectivity index (χ3v) is 10.5. The number of anilines is 1. The molecule has 3 saturated carbocycles. The molecule has 0 radical (unpaired) electrons. The van der Waals surface area contributed by atoms with E-state index < -0.39 is 11.7 Å². The van der Waals surface area contributed by atoms with Gasteiger partial charge in [0.2, 0.25) is 0 Å². The third-order valence-electron chi connectivity index (χ3n) is 10.5. The summed E-state index contributed by atoms with van der Waals surface area (Å²) in [6.07, 6.45) is -0.0114. The summed E-state index contributed by atoms with van der Waals surface area (Å²) >= 11 is 0. The van der Waals surface area contributed by atoms with Crippen molar-refractivity contribution in [1.29, 1.82) is 0 Å². The average molecular weight is 609 g/mol. The molecule has 0 spiro atoms. The highest BCUT2D eigenvalue weighted by Gasteiger charge is 2.56. The molecule has 236 valence electrons. The molecule has 7 rings (SSSR count). The lowest BCUT2D eigenvalue weighted by molar-refractivity contribution is -0.137. The standard InChI is InChI=1S/C34H43F3N6O/c1-20-17-43(18-21(2)39-20)32(41-29-15-25-14-28(22(29)3)33(25,4)5)40-26-10-11-27-30(16-26)38-19-42(31(27)44)13-12-23-6-8-24(9-7-23)34(35,36)37/h6-11,16,19-22,25,28-29,39H,12-15,17-18H2,1-5H3,(H,40,41)/t20-,21+,22-,25?,28+,29-/m0/s1. The molecule has 0 amide bonds.